The molecule has 0 spiro atoms. The van der Waals surface area contributed by atoms with Gasteiger partial charge in [-0.25, -0.2) is 4.79 Å². The minimum Gasteiger partial charge on any atom is -0.467 e. The van der Waals surface area contributed by atoms with Gasteiger partial charge in [-0.1, -0.05) is 53.2 Å². The third kappa shape index (κ3) is 5.31. The fourth-order valence-corrected chi connectivity index (χ4v) is 3.85. The highest BCUT2D eigenvalue weighted by atomic mass is 16.5. The Morgan fingerprint density at radius 3 is 2.32 bits per heavy atom. The van der Waals surface area contributed by atoms with Crippen LogP contribution in [0.5, 0.6) is 0 Å². The Morgan fingerprint density at radius 1 is 0.941 bits per heavy atom. The molecule has 0 fully saturated rings. The molecular formula is C27H30N4O3. The van der Waals surface area contributed by atoms with Gasteiger partial charge in [0.25, 0.3) is 0 Å². The number of hydrogen-bond acceptors (Lipinski definition) is 5. The fraction of sp³-hybridized carbons (Fsp3) is 0.259. The van der Waals surface area contributed by atoms with Gasteiger partial charge in [-0.05, 0) is 45.0 Å². The van der Waals surface area contributed by atoms with Crippen LogP contribution in [-0.4, -0.2) is 29.2 Å². The summed E-state index contributed by atoms with van der Waals surface area (Å²) in [6, 6.07) is 21.1. The van der Waals surface area contributed by atoms with Gasteiger partial charge in [0, 0.05) is 24.3 Å². The summed E-state index contributed by atoms with van der Waals surface area (Å²) in [5.41, 5.74) is 4.40. The Hall–Kier alpha value is -4.00. The first-order valence-electron chi connectivity index (χ1n) is 11.5. The Bertz CT molecular complexity index is 1180. The number of aromatic nitrogens is 1. The molecule has 0 aliphatic heterocycles. The van der Waals surface area contributed by atoms with E-state index in [0.717, 1.165) is 41.2 Å². The molecule has 4 rings (SSSR count). The van der Waals surface area contributed by atoms with Crippen LogP contribution in [0.15, 0.2) is 81.9 Å². The maximum atomic E-state index is 13.4. The molecule has 0 aliphatic rings. The molecule has 2 aromatic heterocycles. The lowest BCUT2D eigenvalue weighted by Gasteiger charge is -2.24. The van der Waals surface area contributed by atoms with E-state index in [-0.39, 0.29) is 6.03 Å². The number of anilines is 2. The van der Waals surface area contributed by atoms with E-state index < -0.39 is 0 Å². The number of benzene rings is 2. The Kier molecular flexibility index (Phi) is 7.32. The summed E-state index contributed by atoms with van der Waals surface area (Å²) in [5, 5.41) is 7.42. The smallest absolute Gasteiger partial charge is 0.322 e. The van der Waals surface area contributed by atoms with Gasteiger partial charge in [-0.3, -0.25) is 0 Å². The maximum absolute atomic E-state index is 13.4. The highest BCUT2D eigenvalue weighted by Crippen LogP contribution is 2.33. The zero-order valence-corrected chi connectivity index (χ0v) is 19.8. The number of urea groups is 1. The van der Waals surface area contributed by atoms with Gasteiger partial charge in [-0.2, -0.15) is 0 Å². The molecule has 2 amide bonds. The van der Waals surface area contributed by atoms with Gasteiger partial charge in [0.15, 0.2) is 0 Å². The molecule has 0 aliphatic carbocycles. The molecule has 1 N–H and O–H groups in total. The summed E-state index contributed by atoms with van der Waals surface area (Å²) in [6.07, 6.45) is 1.61. The molecule has 0 saturated carbocycles. The minimum atomic E-state index is -0.231. The van der Waals surface area contributed by atoms with Crippen molar-refractivity contribution in [3.05, 3.63) is 89.9 Å². The third-order valence-electron chi connectivity index (χ3n) is 5.73. The van der Waals surface area contributed by atoms with Crippen LogP contribution < -0.4 is 10.2 Å². The van der Waals surface area contributed by atoms with Crippen LogP contribution in [0.3, 0.4) is 0 Å². The van der Waals surface area contributed by atoms with Crippen molar-refractivity contribution in [3.8, 4) is 11.3 Å². The Balaban J connectivity index is 1.70. The number of nitrogens with zero attached hydrogens (tertiary/aromatic N) is 3. The lowest BCUT2D eigenvalue weighted by atomic mass is 10.1. The molecule has 34 heavy (non-hydrogen) atoms. The van der Waals surface area contributed by atoms with Gasteiger partial charge in [0.1, 0.15) is 11.5 Å². The molecular weight excluding hydrogens is 428 g/mol. The predicted molar refractivity (Wildman–Crippen MR) is 134 cm³/mol. The van der Waals surface area contributed by atoms with E-state index in [9.17, 15) is 4.79 Å². The van der Waals surface area contributed by atoms with Crippen molar-refractivity contribution in [2.45, 2.75) is 33.9 Å². The van der Waals surface area contributed by atoms with Gasteiger partial charge in [0.05, 0.1) is 24.9 Å². The average molecular weight is 459 g/mol. The lowest BCUT2D eigenvalue weighted by molar-refractivity contribution is 0.201. The summed E-state index contributed by atoms with van der Waals surface area (Å²) < 4.78 is 11.4. The monoisotopic (exact) mass is 458 g/mol. The van der Waals surface area contributed by atoms with Crippen LogP contribution in [0.1, 0.15) is 30.7 Å². The molecule has 0 bridgehead atoms. The quantitative estimate of drug-likeness (QED) is 0.317. The number of rotatable bonds is 9. The van der Waals surface area contributed by atoms with Crippen LogP contribution in [-0.2, 0) is 13.1 Å². The van der Waals surface area contributed by atoms with Crippen molar-refractivity contribution in [1.82, 2.24) is 10.1 Å². The summed E-state index contributed by atoms with van der Waals surface area (Å²) in [6.45, 7) is 8.30. The number of carbonyl (C=O) groups excluding carboxylic acids is 1. The number of furan rings is 1. The molecule has 2 heterocycles. The Morgan fingerprint density at radius 2 is 1.68 bits per heavy atom. The molecule has 7 heteroatoms. The normalized spacial score (nSPS) is 10.8. The summed E-state index contributed by atoms with van der Waals surface area (Å²) in [4.78, 5) is 17.2. The van der Waals surface area contributed by atoms with Crippen molar-refractivity contribution in [1.29, 1.82) is 0 Å². The molecule has 2 aromatic carbocycles. The topological polar surface area (TPSA) is 74.8 Å². The maximum Gasteiger partial charge on any atom is 0.322 e. The molecule has 7 nitrogen and oxygen atoms in total. The summed E-state index contributed by atoms with van der Waals surface area (Å²) >= 11 is 0. The lowest BCUT2D eigenvalue weighted by Crippen LogP contribution is -2.34. The average Bonchev–Trinajstić information content (AvgIpc) is 3.52. The van der Waals surface area contributed by atoms with E-state index in [4.69, 9.17) is 8.94 Å². The summed E-state index contributed by atoms with van der Waals surface area (Å²) in [5.74, 6) is 1.37. The third-order valence-corrected chi connectivity index (χ3v) is 5.73. The van der Waals surface area contributed by atoms with Crippen molar-refractivity contribution in [3.63, 3.8) is 0 Å². The van der Waals surface area contributed by atoms with Crippen molar-refractivity contribution in [2.75, 3.05) is 23.3 Å². The molecule has 0 radical (unpaired) electrons. The largest absolute Gasteiger partial charge is 0.467 e. The first-order chi connectivity index (χ1) is 16.6. The number of amides is 2. The number of carbonyl (C=O) groups is 1. The molecule has 0 unspecified atom stereocenters. The zero-order chi connectivity index (χ0) is 23.9. The van der Waals surface area contributed by atoms with Gasteiger partial charge < -0.3 is 24.1 Å². The standard InChI is InChI=1S/C27H30N4O3/c1-4-30(5-2)26-24(25(29-34-26)21-10-7-6-8-11-21)19-31(18-23-12-9-17-33-23)27(32)28-22-15-13-20(3)14-16-22/h6-17H,4-5,18-19H2,1-3H3,(H,28,32). The second-order valence-corrected chi connectivity index (χ2v) is 8.08. The first-order valence-corrected chi connectivity index (χ1v) is 11.5. The van der Waals surface area contributed by atoms with E-state index in [1.165, 1.54) is 0 Å². The van der Waals surface area contributed by atoms with E-state index in [1.807, 2.05) is 73.7 Å². The molecule has 0 saturated heterocycles. The Labute approximate surface area is 200 Å². The van der Waals surface area contributed by atoms with Crippen LogP contribution in [0.4, 0.5) is 16.4 Å². The van der Waals surface area contributed by atoms with Crippen LogP contribution in [0.25, 0.3) is 11.3 Å². The van der Waals surface area contributed by atoms with Crippen LogP contribution >= 0.6 is 0 Å². The number of hydrogen-bond donors (Lipinski definition) is 1. The zero-order valence-electron chi connectivity index (χ0n) is 19.8. The molecule has 0 atom stereocenters. The van der Waals surface area contributed by atoms with E-state index in [2.05, 4.69) is 29.2 Å². The summed E-state index contributed by atoms with van der Waals surface area (Å²) in [7, 11) is 0. The first kappa shape index (κ1) is 23.2. The van der Waals surface area contributed by atoms with Crippen molar-refractivity contribution < 1.29 is 13.7 Å². The van der Waals surface area contributed by atoms with Crippen LogP contribution in [0, 0.1) is 6.92 Å². The second kappa shape index (κ2) is 10.7. The highest BCUT2D eigenvalue weighted by Gasteiger charge is 2.26. The predicted octanol–water partition coefficient (Wildman–Crippen LogP) is 6.32. The van der Waals surface area contributed by atoms with E-state index >= 15 is 0 Å². The SMILES string of the molecule is CCN(CC)c1onc(-c2ccccc2)c1CN(Cc1ccco1)C(=O)Nc1ccc(C)cc1. The molecule has 176 valence electrons. The van der Waals surface area contributed by atoms with Crippen molar-refractivity contribution in [2.24, 2.45) is 0 Å². The number of aryl methyl sites for hydroxylation is 1. The van der Waals surface area contributed by atoms with E-state index in [1.54, 1.807) is 11.2 Å². The van der Waals surface area contributed by atoms with Gasteiger partial charge >= 0.3 is 6.03 Å². The number of nitrogens with one attached hydrogen (secondary N) is 1. The van der Waals surface area contributed by atoms with Crippen molar-refractivity contribution >= 4 is 17.6 Å². The highest BCUT2D eigenvalue weighted by molar-refractivity contribution is 5.89. The van der Waals surface area contributed by atoms with Crippen LogP contribution in [0.2, 0.25) is 0 Å². The van der Waals surface area contributed by atoms with E-state index in [0.29, 0.717) is 24.7 Å². The van der Waals surface area contributed by atoms with Gasteiger partial charge in [-0.15, -0.1) is 0 Å². The fourth-order valence-electron chi connectivity index (χ4n) is 3.85. The molecule has 4 aromatic rings. The minimum absolute atomic E-state index is 0.231. The van der Waals surface area contributed by atoms with Gasteiger partial charge in [0.2, 0.25) is 5.88 Å². The second-order valence-electron chi connectivity index (χ2n) is 8.08.